The van der Waals surface area contributed by atoms with E-state index in [0.717, 1.165) is 12.0 Å². The molecule has 1 unspecified atom stereocenters. The number of hydrogen-bond donors (Lipinski definition) is 1. The molecule has 0 amide bonds. The van der Waals surface area contributed by atoms with Crippen molar-refractivity contribution in [3.63, 3.8) is 0 Å². The lowest BCUT2D eigenvalue weighted by Gasteiger charge is -2.18. The van der Waals surface area contributed by atoms with Crippen LogP contribution >= 0.6 is 0 Å². The van der Waals surface area contributed by atoms with E-state index in [1.807, 2.05) is 19.2 Å². The summed E-state index contributed by atoms with van der Waals surface area (Å²) in [7, 11) is 1.87. The molecule has 0 aromatic heterocycles. The summed E-state index contributed by atoms with van der Waals surface area (Å²) in [5.41, 5.74) is 3.28. The Morgan fingerprint density at radius 2 is 1.65 bits per heavy atom. The maximum atomic E-state index is 13.9. The predicted octanol–water partition coefficient (Wildman–Crippen LogP) is 4.45. The third-order valence-electron chi connectivity index (χ3n) is 3.72. The highest BCUT2D eigenvalue weighted by Crippen LogP contribution is 2.22. The molecule has 0 saturated carbocycles. The molecular formula is C18H22FN. The molecule has 2 aromatic carbocycles. The molecule has 2 aromatic rings. The number of benzene rings is 2. The fourth-order valence-corrected chi connectivity index (χ4v) is 2.40. The van der Waals surface area contributed by atoms with Crippen molar-refractivity contribution in [1.29, 1.82) is 0 Å². The molecule has 0 heterocycles. The van der Waals surface area contributed by atoms with E-state index >= 15 is 0 Å². The van der Waals surface area contributed by atoms with Crippen LogP contribution in [0.15, 0.2) is 48.5 Å². The third-order valence-corrected chi connectivity index (χ3v) is 3.72. The quantitative estimate of drug-likeness (QED) is 0.847. The molecule has 2 rings (SSSR count). The van der Waals surface area contributed by atoms with Crippen LogP contribution in [0, 0.1) is 5.82 Å². The Morgan fingerprint density at radius 1 is 1.00 bits per heavy atom. The summed E-state index contributed by atoms with van der Waals surface area (Å²) in [4.78, 5) is 0. The summed E-state index contributed by atoms with van der Waals surface area (Å²) >= 11 is 0. The second-order valence-electron chi connectivity index (χ2n) is 5.46. The van der Waals surface area contributed by atoms with E-state index in [1.165, 1.54) is 17.2 Å². The van der Waals surface area contributed by atoms with Crippen LogP contribution in [0.5, 0.6) is 0 Å². The van der Waals surface area contributed by atoms with Crippen LogP contribution in [0.25, 0.3) is 0 Å². The van der Waals surface area contributed by atoms with Gasteiger partial charge in [-0.15, -0.1) is 0 Å². The SMILES string of the molecule is CNC(Cc1ccc(C(C)C)cc1)c1ccccc1F. The second-order valence-corrected chi connectivity index (χ2v) is 5.46. The summed E-state index contributed by atoms with van der Waals surface area (Å²) in [5.74, 6) is 0.390. The molecule has 20 heavy (non-hydrogen) atoms. The fourth-order valence-electron chi connectivity index (χ4n) is 2.40. The van der Waals surface area contributed by atoms with Gasteiger partial charge >= 0.3 is 0 Å². The van der Waals surface area contributed by atoms with Gasteiger partial charge in [-0.1, -0.05) is 56.3 Å². The lowest BCUT2D eigenvalue weighted by Crippen LogP contribution is -2.20. The van der Waals surface area contributed by atoms with Gasteiger partial charge in [-0.2, -0.15) is 0 Å². The molecule has 0 aliphatic heterocycles. The maximum absolute atomic E-state index is 13.9. The Bertz CT molecular complexity index is 546. The zero-order valence-electron chi connectivity index (χ0n) is 12.4. The van der Waals surface area contributed by atoms with Crippen molar-refractivity contribution < 1.29 is 4.39 Å². The molecule has 0 fully saturated rings. The van der Waals surface area contributed by atoms with E-state index in [1.54, 1.807) is 6.07 Å². The minimum Gasteiger partial charge on any atom is -0.313 e. The standard InChI is InChI=1S/C18H22FN/c1-13(2)15-10-8-14(9-11-15)12-18(20-3)16-6-4-5-7-17(16)19/h4-11,13,18,20H,12H2,1-3H3. The van der Waals surface area contributed by atoms with Crippen molar-refractivity contribution in [2.75, 3.05) is 7.05 Å². The van der Waals surface area contributed by atoms with E-state index in [-0.39, 0.29) is 11.9 Å². The van der Waals surface area contributed by atoms with Crippen molar-refractivity contribution in [2.24, 2.45) is 0 Å². The first-order chi connectivity index (χ1) is 9.61. The van der Waals surface area contributed by atoms with Crippen LogP contribution in [-0.4, -0.2) is 7.05 Å². The molecule has 1 atom stereocenters. The molecule has 0 radical (unpaired) electrons. The summed E-state index contributed by atoms with van der Waals surface area (Å²) in [6.07, 6.45) is 0.788. The van der Waals surface area contributed by atoms with Gasteiger partial charge in [-0.3, -0.25) is 0 Å². The molecule has 0 aliphatic carbocycles. The average molecular weight is 271 g/mol. The zero-order valence-corrected chi connectivity index (χ0v) is 12.4. The van der Waals surface area contributed by atoms with Gasteiger partial charge in [-0.05, 0) is 36.6 Å². The molecule has 2 heteroatoms. The van der Waals surface area contributed by atoms with Gasteiger partial charge in [0, 0.05) is 11.6 Å². The highest BCUT2D eigenvalue weighted by atomic mass is 19.1. The Balaban J connectivity index is 2.16. The van der Waals surface area contributed by atoms with Crippen LogP contribution in [0.1, 0.15) is 42.5 Å². The van der Waals surface area contributed by atoms with Crippen LogP contribution in [0.3, 0.4) is 0 Å². The first-order valence-electron chi connectivity index (χ1n) is 7.12. The molecule has 0 aliphatic rings. The molecular weight excluding hydrogens is 249 g/mol. The number of hydrogen-bond acceptors (Lipinski definition) is 1. The van der Waals surface area contributed by atoms with Crippen molar-refractivity contribution >= 4 is 0 Å². The van der Waals surface area contributed by atoms with Crippen LogP contribution in [0.2, 0.25) is 0 Å². The maximum Gasteiger partial charge on any atom is 0.127 e. The van der Waals surface area contributed by atoms with Crippen LogP contribution < -0.4 is 5.32 Å². The van der Waals surface area contributed by atoms with E-state index < -0.39 is 0 Å². The zero-order chi connectivity index (χ0) is 14.5. The molecule has 106 valence electrons. The Kier molecular flexibility index (Phi) is 4.91. The summed E-state index contributed by atoms with van der Waals surface area (Å²) < 4.78 is 13.9. The molecule has 0 spiro atoms. The monoisotopic (exact) mass is 271 g/mol. The van der Waals surface area contributed by atoms with E-state index in [9.17, 15) is 4.39 Å². The first-order valence-corrected chi connectivity index (χ1v) is 7.12. The largest absolute Gasteiger partial charge is 0.313 e. The third kappa shape index (κ3) is 3.45. The normalized spacial score (nSPS) is 12.7. The van der Waals surface area contributed by atoms with Crippen molar-refractivity contribution in [3.05, 3.63) is 71.0 Å². The van der Waals surface area contributed by atoms with Gasteiger partial charge in [0.2, 0.25) is 0 Å². The Labute approximate surface area is 120 Å². The Morgan fingerprint density at radius 3 is 2.20 bits per heavy atom. The lowest BCUT2D eigenvalue weighted by molar-refractivity contribution is 0.534. The van der Waals surface area contributed by atoms with Gasteiger partial charge in [0.05, 0.1) is 0 Å². The lowest BCUT2D eigenvalue weighted by atomic mass is 9.96. The predicted molar refractivity (Wildman–Crippen MR) is 82.4 cm³/mol. The van der Waals surface area contributed by atoms with Gasteiger partial charge < -0.3 is 5.32 Å². The minimum absolute atomic E-state index is 0.00102. The van der Waals surface area contributed by atoms with Gasteiger partial charge in [0.15, 0.2) is 0 Å². The van der Waals surface area contributed by atoms with E-state index in [2.05, 4.69) is 43.4 Å². The Hall–Kier alpha value is -1.67. The van der Waals surface area contributed by atoms with Gasteiger partial charge in [0.1, 0.15) is 5.82 Å². The first kappa shape index (κ1) is 14.7. The summed E-state index contributed by atoms with van der Waals surface area (Å²) in [5, 5.41) is 3.21. The summed E-state index contributed by atoms with van der Waals surface area (Å²) in [6.45, 7) is 4.37. The molecule has 0 saturated heterocycles. The van der Waals surface area contributed by atoms with Crippen molar-refractivity contribution in [3.8, 4) is 0 Å². The number of rotatable bonds is 5. The smallest absolute Gasteiger partial charge is 0.127 e. The topological polar surface area (TPSA) is 12.0 Å². The van der Waals surface area contributed by atoms with Crippen molar-refractivity contribution in [1.82, 2.24) is 5.32 Å². The van der Waals surface area contributed by atoms with Crippen LogP contribution in [0.4, 0.5) is 4.39 Å². The molecule has 0 bridgehead atoms. The fraction of sp³-hybridized carbons (Fsp3) is 0.333. The number of halogens is 1. The second kappa shape index (κ2) is 6.67. The van der Waals surface area contributed by atoms with E-state index in [0.29, 0.717) is 5.92 Å². The highest BCUT2D eigenvalue weighted by Gasteiger charge is 2.14. The van der Waals surface area contributed by atoms with Gasteiger partial charge in [0.25, 0.3) is 0 Å². The average Bonchev–Trinajstić information content (AvgIpc) is 2.46. The summed E-state index contributed by atoms with van der Waals surface area (Å²) in [6, 6.07) is 15.6. The minimum atomic E-state index is -0.148. The molecule has 1 N–H and O–H groups in total. The highest BCUT2D eigenvalue weighted by molar-refractivity contribution is 5.28. The molecule has 1 nitrogen and oxygen atoms in total. The number of likely N-dealkylation sites (N-methyl/N-ethyl adjacent to an activating group) is 1. The van der Waals surface area contributed by atoms with Crippen molar-refractivity contribution in [2.45, 2.75) is 32.2 Å². The van der Waals surface area contributed by atoms with Crippen LogP contribution in [-0.2, 0) is 6.42 Å². The number of nitrogens with one attached hydrogen (secondary N) is 1. The van der Waals surface area contributed by atoms with Gasteiger partial charge in [-0.25, -0.2) is 4.39 Å². The van der Waals surface area contributed by atoms with E-state index in [4.69, 9.17) is 0 Å².